The van der Waals surface area contributed by atoms with Crippen LogP contribution < -0.4 is 4.74 Å². The quantitative estimate of drug-likeness (QED) is 0.551. The normalized spacial score (nSPS) is 14.5. The predicted octanol–water partition coefficient (Wildman–Crippen LogP) is 6.53. The van der Waals surface area contributed by atoms with Crippen LogP contribution in [0.15, 0.2) is 54.1 Å². The van der Waals surface area contributed by atoms with Crippen LogP contribution in [0.2, 0.25) is 0 Å². The Labute approximate surface area is 139 Å². The lowest BCUT2D eigenvalue weighted by atomic mass is 9.90. The third-order valence-electron chi connectivity index (χ3n) is 4.76. The van der Waals surface area contributed by atoms with Crippen LogP contribution in [-0.4, -0.2) is 7.11 Å². The fourth-order valence-corrected chi connectivity index (χ4v) is 3.28. The number of benzene rings is 2. The van der Waals surface area contributed by atoms with E-state index in [9.17, 15) is 0 Å². The van der Waals surface area contributed by atoms with Crippen LogP contribution in [0, 0.1) is 0 Å². The molecule has 0 atom stereocenters. The van der Waals surface area contributed by atoms with Gasteiger partial charge in [0.05, 0.1) is 7.11 Å². The summed E-state index contributed by atoms with van der Waals surface area (Å²) >= 11 is 0. The molecule has 0 amide bonds. The summed E-state index contributed by atoms with van der Waals surface area (Å²) in [5.41, 5.74) is 4.43. The summed E-state index contributed by atoms with van der Waals surface area (Å²) in [7, 11) is 1.72. The van der Waals surface area contributed by atoms with Gasteiger partial charge in [-0.15, -0.1) is 0 Å². The molecule has 0 radical (unpaired) electrons. The van der Waals surface area contributed by atoms with Crippen molar-refractivity contribution in [2.75, 3.05) is 7.11 Å². The number of allylic oxidation sites excluding steroid dienone is 4. The number of hydrogen-bond donors (Lipinski definition) is 0. The minimum Gasteiger partial charge on any atom is -0.497 e. The van der Waals surface area contributed by atoms with Gasteiger partial charge in [0.1, 0.15) is 5.75 Å². The fraction of sp³-hybridized carbons (Fsp3) is 0.364. The topological polar surface area (TPSA) is 9.23 Å². The van der Waals surface area contributed by atoms with E-state index in [0.29, 0.717) is 0 Å². The first-order chi connectivity index (χ1) is 11.3. The highest BCUT2D eigenvalue weighted by Crippen LogP contribution is 2.31. The minimum atomic E-state index is 0.918. The third kappa shape index (κ3) is 3.85. The molecule has 0 fully saturated rings. The van der Waals surface area contributed by atoms with Crippen molar-refractivity contribution in [2.24, 2.45) is 0 Å². The summed E-state index contributed by atoms with van der Waals surface area (Å²) in [4.78, 5) is 0. The number of hydrogen-bond acceptors (Lipinski definition) is 1. The van der Waals surface area contributed by atoms with E-state index in [0.717, 1.165) is 5.75 Å². The van der Waals surface area contributed by atoms with Crippen molar-refractivity contribution in [3.8, 4) is 5.75 Å². The van der Waals surface area contributed by atoms with Gasteiger partial charge in [-0.1, -0.05) is 55.7 Å². The Morgan fingerprint density at radius 3 is 2.48 bits per heavy atom. The molecule has 1 heteroatoms. The zero-order valence-electron chi connectivity index (χ0n) is 14.3. The van der Waals surface area contributed by atoms with Crippen molar-refractivity contribution < 1.29 is 4.74 Å². The molecule has 0 aromatic heterocycles. The Morgan fingerprint density at radius 1 is 0.913 bits per heavy atom. The molecule has 1 nitrogen and oxygen atoms in total. The van der Waals surface area contributed by atoms with Gasteiger partial charge in [-0.25, -0.2) is 0 Å². The molecular weight excluding hydrogens is 280 g/mol. The summed E-state index contributed by atoms with van der Waals surface area (Å²) < 4.78 is 5.30. The van der Waals surface area contributed by atoms with Gasteiger partial charge in [0.25, 0.3) is 0 Å². The molecule has 0 spiro atoms. The number of fused-ring (bicyclic) bond motifs is 1. The summed E-state index contributed by atoms with van der Waals surface area (Å²) in [6.07, 6.45) is 12.3. The van der Waals surface area contributed by atoms with Gasteiger partial charge in [0.2, 0.25) is 0 Å². The van der Waals surface area contributed by atoms with E-state index in [2.05, 4.69) is 49.4 Å². The Balaban J connectivity index is 1.78. The number of methoxy groups -OCH3 is 1. The molecule has 2 aromatic carbocycles. The van der Waals surface area contributed by atoms with E-state index in [4.69, 9.17) is 4.74 Å². The van der Waals surface area contributed by atoms with E-state index in [-0.39, 0.29) is 0 Å². The van der Waals surface area contributed by atoms with E-state index in [1.807, 2.05) is 6.07 Å². The third-order valence-corrected chi connectivity index (χ3v) is 4.76. The molecule has 120 valence electrons. The van der Waals surface area contributed by atoms with Gasteiger partial charge in [0, 0.05) is 0 Å². The second kappa shape index (κ2) is 7.50. The maximum atomic E-state index is 5.30. The van der Waals surface area contributed by atoms with Gasteiger partial charge in [-0.05, 0) is 65.8 Å². The largest absolute Gasteiger partial charge is 0.497 e. The summed E-state index contributed by atoms with van der Waals surface area (Å²) in [6, 6.07) is 13.0. The summed E-state index contributed by atoms with van der Waals surface area (Å²) in [5.74, 6) is 0.918. The smallest absolute Gasteiger partial charge is 0.119 e. The Kier molecular flexibility index (Phi) is 5.17. The highest BCUT2D eigenvalue weighted by Gasteiger charge is 2.09. The number of ether oxygens (including phenoxy) is 1. The molecule has 23 heavy (non-hydrogen) atoms. The van der Waals surface area contributed by atoms with E-state index < -0.39 is 0 Å². The van der Waals surface area contributed by atoms with Gasteiger partial charge in [-0.3, -0.25) is 0 Å². The Bertz CT molecular complexity index is 737. The van der Waals surface area contributed by atoms with Gasteiger partial charge in [-0.2, -0.15) is 0 Å². The van der Waals surface area contributed by atoms with E-state index in [1.54, 1.807) is 12.7 Å². The number of unbranched alkanes of at least 4 members (excludes halogenated alkanes) is 2. The molecule has 0 heterocycles. The van der Waals surface area contributed by atoms with Crippen molar-refractivity contribution in [3.05, 3.63) is 59.7 Å². The first-order valence-electron chi connectivity index (χ1n) is 8.77. The van der Waals surface area contributed by atoms with Crippen molar-refractivity contribution in [1.29, 1.82) is 0 Å². The van der Waals surface area contributed by atoms with E-state index >= 15 is 0 Å². The molecule has 0 unspecified atom stereocenters. The van der Waals surface area contributed by atoms with Crippen molar-refractivity contribution in [3.63, 3.8) is 0 Å². The Hall–Kier alpha value is -2.02. The van der Waals surface area contributed by atoms with Crippen molar-refractivity contribution in [1.82, 2.24) is 0 Å². The standard InChI is InChI=1S/C22H26O/c1-3-4-5-6-17-7-9-18(10-8-17)19-11-12-21-16-22(23-2)14-13-20(21)15-19/h7,9,11-16H,3-6,8,10H2,1-2H3. The van der Waals surface area contributed by atoms with Crippen LogP contribution in [0.4, 0.5) is 0 Å². The lowest BCUT2D eigenvalue weighted by Gasteiger charge is -2.15. The molecule has 0 N–H and O–H groups in total. The lowest BCUT2D eigenvalue weighted by Crippen LogP contribution is -1.94. The maximum absolute atomic E-state index is 5.30. The molecular formula is C22H26O. The first kappa shape index (κ1) is 15.9. The van der Waals surface area contributed by atoms with Crippen LogP contribution in [0.25, 0.3) is 16.3 Å². The average molecular weight is 306 g/mol. The van der Waals surface area contributed by atoms with Gasteiger partial charge < -0.3 is 4.74 Å². The molecule has 0 aliphatic heterocycles. The zero-order valence-corrected chi connectivity index (χ0v) is 14.3. The molecule has 0 saturated carbocycles. The van der Waals surface area contributed by atoms with Crippen LogP contribution >= 0.6 is 0 Å². The molecule has 2 aromatic rings. The molecule has 1 aliphatic carbocycles. The maximum Gasteiger partial charge on any atom is 0.119 e. The average Bonchev–Trinajstić information content (AvgIpc) is 2.61. The van der Waals surface area contributed by atoms with Crippen LogP contribution in [0.5, 0.6) is 5.75 Å². The fourth-order valence-electron chi connectivity index (χ4n) is 3.28. The van der Waals surface area contributed by atoms with Crippen molar-refractivity contribution in [2.45, 2.75) is 45.4 Å². The van der Waals surface area contributed by atoms with Crippen molar-refractivity contribution >= 4 is 16.3 Å². The molecule has 3 rings (SSSR count). The summed E-state index contributed by atoms with van der Waals surface area (Å²) in [5, 5.41) is 2.52. The summed E-state index contributed by atoms with van der Waals surface area (Å²) in [6.45, 7) is 2.27. The van der Waals surface area contributed by atoms with Crippen LogP contribution in [-0.2, 0) is 0 Å². The highest BCUT2D eigenvalue weighted by molar-refractivity contribution is 5.87. The second-order valence-electron chi connectivity index (χ2n) is 6.40. The van der Waals surface area contributed by atoms with E-state index in [1.165, 1.54) is 60.4 Å². The molecule has 1 aliphatic rings. The Morgan fingerprint density at radius 2 is 1.74 bits per heavy atom. The highest BCUT2D eigenvalue weighted by atomic mass is 16.5. The molecule has 0 bridgehead atoms. The predicted molar refractivity (Wildman–Crippen MR) is 99.9 cm³/mol. The van der Waals surface area contributed by atoms with Crippen LogP contribution in [0.1, 0.15) is 51.0 Å². The lowest BCUT2D eigenvalue weighted by molar-refractivity contribution is 0.415. The molecule has 0 saturated heterocycles. The SMILES string of the molecule is CCCCCC1=CC=C(c2ccc3cc(OC)ccc3c2)CC1. The number of rotatable bonds is 6. The van der Waals surface area contributed by atoms with Gasteiger partial charge in [0.15, 0.2) is 0 Å². The van der Waals surface area contributed by atoms with Gasteiger partial charge >= 0.3 is 0 Å². The first-order valence-corrected chi connectivity index (χ1v) is 8.77. The zero-order chi connectivity index (χ0) is 16.1. The monoisotopic (exact) mass is 306 g/mol. The second-order valence-corrected chi connectivity index (χ2v) is 6.40. The minimum absolute atomic E-state index is 0.918. The van der Waals surface area contributed by atoms with Crippen LogP contribution in [0.3, 0.4) is 0 Å².